The van der Waals surface area contributed by atoms with Crippen molar-refractivity contribution in [3.8, 4) is 17.1 Å². The summed E-state index contributed by atoms with van der Waals surface area (Å²) in [5.74, 6) is 1.98. The van der Waals surface area contributed by atoms with Crippen LogP contribution < -0.4 is 10.1 Å². The molecular weight excluding hydrogens is 408 g/mol. The average Bonchev–Trinajstić information content (AvgIpc) is 3.22. The quantitative estimate of drug-likeness (QED) is 0.331. The van der Waals surface area contributed by atoms with E-state index in [0.717, 1.165) is 54.7 Å². The Kier molecular flexibility index (Phi) is 8.97. The molecule has 7 heteroatoms. The molecule has 0 unspecified atom stereocenters. The molecule has 1 heterocycles. The molecule has 0 fully saturated rings. The van der Waals surface area contributed by atoms with Gasteiger partial charge in [-0.15, -0.1) is 10.2 Å². The van der Waals surface area contributed by atoms with E-state index in [9.17, 15) is 4.79 Å². The highest BCUT2D eigenvalue weighted by Crippen LogP contribution is 2.25. The van der Waals surface area contributed by atoms with E-state index in [4.69, 9.17) is 4.74 Å². The van der Waals surface area contributed by atoms with Gasteiger partial charge in [0, 0.05) is 18.7 Å². The number of carbonyl (C=O) groups excluding carboxylic acids is 1. The molecule has 1 aromatic heterocycles. The summed E-state index contributed by atoms with van der Waals surface area (Å²) >= 11 is 1.41. The summed E-state index contributed by atoms with van der Waals surface area (Å²) in [7, 11) is 0. The van der Waals surface area contributed by atoms with E-state index >= 15 is 0 Å². The first-order valence-corrected chi connectivity index (χ1v) is 11.8. The predicted molar refractivity (Wildman–Crippen MR) is 125 cm³/mol. The van der Waals surface area contributed by atoms with E-state index < -0.39 is 0 Å². The van der Waals surface area contributed by atoms with Crippen LogP contribution in [0.1, 0.15) is 32.3 Å². The van der Waals surface area contributed by atoms with Gasteiger partial charge in [-0.2, -0.15) is 0 Å². The number of aromatic nitrogens is 3. The molecule has 0 radical (unpaired) electrons. The van der Waals surface area contributed by atoms with Crippen LogP contribution in [0.4, 0.5) is 0 Å². The van der Waals surface area contributed by atoms with Crippen LogP contribution in [-0.2, 0) is 17.8 Å². The van der Waals surface area contributed by atoms with Gasteiger partial charge in [-0.3, -0.25) is 4.79 Å². The molecule has 0 saturated carbocycles. The van der Waals surface area contributed by atoms with Gasteiger partial charge in [0.25, 0.3) is 0 Å². The number of carbonyl (C=O) groups is 1. The Morgan fingerprint density at radius 3 is 2.55 bits per heavy atom. The van der Waals surface area contributed by atoms with E-state index in [1.165, 1.54) is 17.3 Å². The maximum atomic E-state index is 12.2. The van der Waals surface area contributed by atoms with Crippen LogP contribution in [0.25, 0.3) is 11.4 Å². The van der Waals surface area contributed by atoms with Gasteiger partial charge < -0.3 is 14.6 Å². The summed E-state index contributed by atoms with van der Waals surface area (Å²) in [5, 5.41) is 12.4. The van der Waals surface area contributed by atoms with Crippen LogP contribution in [0.3, 0.4) is 0 Å². The fourth-order valence-electron chi connectivity index (χ4n) is 3.10. The number of ether oxygens (including phenoxy) is 1. The molecule has 0 spiro atoms. The summed E-state index contributed by atoms with van der Waals surface area (Å²) in [6, 6.07) is 18.1. The minimum atomic E-state index is 0.00159. The van der Waals surface area contributed by atoms with Gasteiger partial charge in [0.1, 0.15) is 5.75 Å². The normalized spacial score (nSPS) is 10.8. The first kappa shape index (κ1) is 22.9. The topological polar surface area (TPSA) is 69.0 Å². The third-order valence-corrected chi connectivity index (χ3v) is 5.79. The number of rotatable bonds is 12. The zero-order valence-electron chi connectivity index (χ0n) is 18.2. The summed E-state index contributed by atoms with van der Waals surface area (Å²) in [6.45, 7) is 6.29. The van der Waals surface area contributed by atoms with E-state index in [1.807, 2.05) is 47.0 Å². The molecule has 6 nitrogen and oxygen atoms in total. The Hall–Kier alpha value is -2.80. The highest BCUT2D eigenvalue weighted by Gasteiger charge is 2.14. The van der Waals surface area contributed by atoms with Gasteiger partial charge in [-0.1, -0.05) is 55.4 Å². The smallest absolute Gasteiger partial charge is 0.230 e. The fraction of sp³-hybridized carbons (Fsp3) is 0.375. The van der Waals surface area contributed by atoms with Crippen molar-refractivity contribution in [1.29, 1.82) is 0 Å². The number of hydrogen-bond acceptors (Lipinski definition) is 5. The minimum absolute atomic E-state index is 0.00159. The van der Waals surface area contributed by atoms with Crippen LogP contribution in [0.15, 0.2) is 59.8 Å². The lowest BCUT2D eigenvalue weighted by Crippen LogP contribution is -2.27. The Bertz CT molecular complexity index is 942. The monoisotopic (exact) mass is 438 g/mol. The van der Waals surface area contributed by atoms with E-state index in [1.54, 1.807) is 0 Å². The number of benzene rings is 2. The molecule has 2 aromatic carbocycles. The Morgan fingerprint density at radius 1 is 1.06 bits per heavy atom. The maximum absolute atomic E-state index is 12.2. The van der Waals surface area contributed by atoms with E-state index in [-0.39, 0.29) is 5.91 Å². The highest BCUT2D eigenvalue weighted by atomic mass is 32.2. The van der Waals surface area contributed by atoms with Crippen LogP contribution >= 0.6 is 11.8 Å². The summed E-state index contributed by atoms with van der Waals surface area (Å²) in [6.07, 6.45) is 2.99. The maximum Gasteiger partial charge on any atom is 0.230 e. The fourth-order valence-corrected chi connectivity index (χ4v) is 3.93. The van der Waals surface area contributed by atoms with Gasteiger partial charge >= 0.3 is 0 Å². The number of amides is 1. The zero-order valence-corrected chi connectivity index (χ0v) is 19.0. The first-order valence-electron chi connectivity index (χ1n) is 10.8. The third kappa shape index (κ3) is 6.85. The molecule has 0 aliphatic carbocycles. The molecule has 0 bridgehead atoms. The molecular formula is C24H30N4O2S. The van der Waals surface area contributed by atoms with Crippen LogP contribution in [-0.4, -0.2) is 39.6 Å². The van der Waals surface area contributed by atoms with Crippen molar-refractivity contribution < 1.29 is 9.53 Å². The van der Waals surface area contributed by atoms with Gasteiger partial charge in [0.05, 0.1) is 12.4 Å². The Labute approximate surface area is 188 Å². The van der Waals surface area contributed by atoms with Crippen molar-refractivity contribution in [2.45, 2.75) is 44.8 Å². The number of unbranched alkanes of at least 4 members (excludes halogenated alkanes) is 1. The third-order valence-electron chi connectivity index (χ3n) is 4.82. The Morgan fingerprint density at radius 2 is 1.84 bits per heavy atom. The molecule has 0 saturated heterocycles. The average molecular weight is 439 g/mol. The van der Waals surface area contributed by atoms with Crippen molar-refractivity contribution in [2.24, 2.45) is 0 Å². The molecule has 3 aromatic rings. The minimum Gasteiger partial charge on any atom is -0.494 e. The lowest BCUT2D eigenvalue weighted by molar-refractivity contribution is -0.118. The lowest BCUT2D eigenvalue weighted by Gasteiger charge is -2.09. The van der Waals surface area contributed by atoms with Crippen LogP contribution in [0.2, 0.25) is 0 Å². The highest BCUT2D eigenvalue weighted by molar-refractivity contribution is 7.99. The van der Waals surface area contributed by atoms with Crippen molar-refractivity contribution in [1.82, 2.24) is 20.1 Å². The zero-order chi connectivity index (χ0) is 21.9. The lowest BCUT2D eigenvalue weighted by atomic mass is 10.1. The summed E-state index contributed by atoms with van der Waals surface area (Å²) in [4.78, 5) is 12.2. The molecule has 0 aliphatic heterocycles. The number of nitrogens with zero attached hydrogens (tertiary/aromatic N) is 3. The number of nitrogens with one attached hydrogen (secondary N) is 1. The van der Waals surface area contributed by atoms with Crippen molar-refractivity contribution >= 4 is 17.7 Å². The Balaban J connectivity index is 1.53. The van der Waals surface area contributed by atoms with Gasteiger partial charge in [0.2, 0.25) is 5.91 Å². The second-order valence-corrected chi connectivity index (χ2v) is 8.09. The molecule has 3 rings (SSSR count). The van der Waals surface area contributed by atoms with Crippen LogP contribution in [0, 0.1) is 0 Å². The van der Waals surface area contributed by atoms with E-state index in [2.05, 4.69) is 41.5 Å². The molecule has 0 aliphatic rings. The second kappa shape index (κ2) is 12.2. The van der Waals surface area contributed by atoms with E-state index in [0.29, 0.717) is 12.3 Å². The molecule has 31 heavy (non-hydrogen) atoms. The van der Waals surface area contributed by atoms with Gasteiger partial charge in [0.15, 0.2) is 11.0 Å². The molecule has 0 atom stereocenters. The largest absolute Gasteiger partial charge is 0.494 e. The first-order chi connectivity index (χ1) is 15.2. The van der Waals surface area contributed by atoms with Crippen molar-refractivity contribution in [3.05, 3.63) is 60.2 Å². The van der Waals surface area contributed by atoms with Crippen molar-refractivity contribution in [3.63, 3.8) is 0 Å². The van der Waals surface area contributed by atoms with Crippen molar-refractivity contribution in [2.75, 3.05) is 18.9 Å². The molecule has 164 valence electrons. The summed E-state index contributed by atoms with van der Waals surface area (Å²) < 4.78 is 7.77. The number of thioether (sulfide) groups is 1. The molecule has 1 amide bonds. The van der Waals surface area contributed by atoms with Crippen LogP contribution in [0.5, 0.6) is 5.75 Å². The standard InChI is InChI=1S/C24H30N4O2S/c1-3-5-17-30-21-13-11-20(12-14-21)23-26-27-24(28(23)4-2)31-18-22(29)25-16-15-19-9-7-6-8-10-19/h6-14H,3-5,15-18H2,1-2H3,(H,25,29). The van der Waals surface area contributed by atoms with Gasteiger partial charge in [-0.25, -0.2) is 0 Å². The summed E-state index contributed by atoms with van der Waals surface area (Å²) in [5.41, 5.74) is 2.20. The predicted octanol–water partition coefficient (Wildman–Crippen LogP) is 4.59. The second-order valence-electron chi connectivity index (χ2n) is 7.15. The van der Waals surface area contributed by atoms with Gasteiger partial charge in [-0.05, 0) is 49.6 Å². The SMILES string of the molecule is CCCCOc1ccc(-c2nnc(SCC(=O)NCCc3ccccc3)n2CC)cc1. The molecule has 1 N–H and O–H groups in total. The number of hydrogen-bond donors (Lipinski definition) is 1.